The Morgan fingerprint density at radius 2 is 2.21 bits per heavy atom. The minimum atomic E-state index is 0.280. The molecule has 1 aromatic heterocycles. The first-order chi connectivity index (χ1) is 9.29. The van der Waals surface area contributed by atoms with Crippen molar-refractivity contribution in [3.05, 3.63) is 30.6 Å². The molecule has 0 spiro atoms. The lowest BCUT2D eigenvalue weighted by Crippen LogP contribution is -2.20. The predicted molar refractivity (Wildman–Crippen MR) is 78.2 cm³/mol. The van der Waals surface area contributed by atoms with Crippen LogP contribution in [0.25, 0.3) is 10.8 Å². The van der Waals surface area contributed by atoms with Crippen molar-refractivity contribution in [3.8, 4) is 0 Å². The van der Waals surface area contributed by atoms with E-state index < -0.39 is 0 Å². The molecule has 2 aromatic rings. The first-order valence-electron chi connectivity index (χ1n) is 6.77. The van der Waals surface area contributed by atoms with Crippen molar-refractivity contribution in [1.82, 2.24) is 4.98 Å². The van der Waals surface area contributed by atoms with E-state index in [2.05, 4.69) is 16.0 Å². The molecule has 0 amide bonds. The highest BCUT2D eigenvalue weighted by Gasteiger charge is 2.23. The van der Waals surface area contributed by atoms with Crippen LogP contribution in [0.2, 0.25) is 0 Å². The van der Waals surface area contributed by atoms with Gasteiger partial charge in [-0.3, -0.25) is 4.98 Å². The van der Waals surface area contributed by atoms with Crippen LogP contribution >= 0.6 is 0 Å². The maximum atomic E-state index is 9.05. The fourth-order valence-corrected chi connectivity index (χ4v) is 2.94. The van der Waals surface area contributed by atoms with Crippen molar-refractivity contribution >= 4 is 22.1 Å². The molecule has 1 fully saturated rings. The Labute approximate surface area is 112 Å². The molecule has 100 valence electrons. The minimum absolute atomic E-state index is 0.280. The lowest BCUT2D eigenvalue weighted by Gasteiger charge is -2.21. The minimum Gasteiger partial charge on any atom is -0.398 e. The summed E-state index contributed by atoms with van der Waals surface area (Å²) in [6.45, 7) is 2.33. The summed E-state index contributed by atoms with van der Waals surface area (Å²) >= 11 is 0. The molecule has 0 saturated carbocycles. The van der Waals surface area contributed by atoms with Crippen LogP contribution in [0.3, 0.4) is 0 Å². The third-order valence-corrected chi connectivity index (χ3v) is 3.99. The van der Waals surface area contributed by atoms with Gasteiger partial charge in [-0.2, -0.15) is 0 Å². The summed E-state index contributed by atoms with van der Waals surface area (Å²) in [5.74, 6) is 0.592. The van der Waals surface area contributed by atoms with E-state index in [1.807, 2.05) is 18.3 Å². The topological polar surface area (TPSA) is 62.4 Å². The van der Waals surface area contributed by atoms with Crippen LogP contribution in [0.4, 0.5) is 11.4 Å². The molecule has 0 radical (unpaired) electrons. The summed E-state index contributed by atoms with van der Waals surface area (Å²) in [5.41, 5.74) is 8.02. The van der Waals surface area contributed by atoms with Crippen LogP contribution in [-0.2, 0) is 0 Å². The summed E-state index contributed by atoms with van der Waals surface area (Å²) in [4.78, 5) is 6.60. The second-order valence-corrected chi connectivity index (χ2v) is 5.21. The van der Waals surface area contributed by atoms with Crippen molar-refractivity contribution in [2.45, 2.75) is 12.8 Å². The molecule has 1 aliphatic rings. The molecule has 4 nitrogen and oxygen atoms in total. The molecule has 4 heteroatoms. The van der Waals surface area contributed by atoms with Crippen molar-refractivity contribution in [3.63, 3.8) is 0 Å². The van der Waals surface area contributed by atoms with Crippen LogP contribution in [0.15, 0.2) is 30.6 Å². The van der Waals surface area contributed by atoms with E-state index in [0.717, 1.165) is 42.4 Å². The first kappa shape index (κ1) is 12.2. The SMILES string of the molecule is Nc1ccc(N2CCC(CCO)C2)c2cnccc12. The molecule has 1 saturated heterocycles. The van der Waals surface area contributed by atoms with E-state index in [-0.39, 0.29) is 6.61 Å². The zero-order valence-electron chi connectivity index (χ0n) is 10.9. The lowest BCUT2D eigenvalue weighted by molar-refractivity contribution is 0.263. The Kier molecular flexibility index (Phi) is 3.25. The quantitative estimate of drug-likeness (QED) is 0.826. The standard InChI is InChI=1S/C15H19N3O/c16-14-1-2-15(13-9-17-6-3-12(13)14)18-7-4-11(10-18)5-8-19/h1-3,6,9,11,19H,4-5,7-8,10,16H2. The molecule has 2 heterocycles. The number of hydrogen-bond acceptors (Lipinski definition) is 4. The molecule has 1 aromatic carbocycles. The summed E-state index contributed by atoms with van der Waals surface area (Å²) in [6.07, 6.45) is 5.70. The van der Waals surface area contributed by atoms with Gasteiger partial charge in [0.2, 0.25) is 0 Å². The van der Waals surface area contributed by atoms with Crippen molar-refractivity contribution in [2.24, 2.45) is 5.92 Å². The Bertz CT molecular complexity index is 585. The average Bonchev–Trinajstić information content (AvgIpc) is 2.88. The van der Waals surface area contributed by atoms with Gasteiger partial charge >= 0.3 is 0 Å². The van der Waals surface area contributed by atoms with Gasteiger partial charge in [-0.25, -0.2) is 0 Å². The summed E-state index contributed by atoms with van der Waals surface area (Å²) < 4.78 is 0. The second-order valence-electron chi connectivity index (χ2n) is 5.21. The van der Waals surface area contributed by atoms with E-state index >= 15 is 0 Å². The maximum absolute atomic E-state index is 9.05. The molecule has 1 atom stereocenters. The number of anilines is 2. The highest BCUT2D eigenvalue weighted by molar-refractivity contribution is 6.00. The van der Waals surface area contributed by atoms with Gasteiger partial charge in [0.25, 0.3) is 0 Å². The van der Waals surface area contributed by atoms with Gasteiger partial charge in [0, 0.05) is 54.2 Å². The number of nitrogens with zero attached hydrogens (tertiary/aromatic N) is 2. The van der Waals surface area contributed by atoms with Crippen molar-refractivity contribution < 1.29 is 5.11 Å². The monoisotopic (exact) mass is 257 g/mol. The van der Waals surface area contributed by atoms with Crippen LogP contribution in [-0.4, -0.2) is 29.8 Å². The van der Waals surface area contributed by atoms with Crippen LogP contribution in [0, 0.1) is 5.92 Å². The Balaban J connectivity index is 1.96. The number of benzene rings is 1. The fourth-order valence-electron chi connectivity index (χ4n) is 2.94. The van der Waals surface area contributed by atoms with E-state index in [0.29, 0.717) is 5.92 Å². The first-order valence-corrected chi connectivity index (χ1v) is 6.77. The Hall–Kier alpha value is -1.81. The Morgan fingerprint density at radius 3 is 3.05 bits per heavy atom. The smallest absolute Gasteiger partial charge is 0.0463 e. The molecule has 0 aliphatic carbocycles. The summed E-state index contributed by atoms with van der Waals surface area (Å²) in [6, 6.07) is 6.02. The predicted octanol–water partition coefficient (Wildman–Crippen LogP) is 2.03. The zero-order valence-corrected chi connectivity index (χ0v) is 10.9. The van der Waals surface area contributed by atoms with Gasteiger partial charge in [0.15, 0.2) is 0 Å². The third-order valence-electron chi connectivity index (χ3n) is 3.99. The van der Waals surface area contributed by atoms with E-state index in [1.54, 1.807) is 6.20 Å². The van der Waals surface area contributed by atoms with Gasteiger partial charge in [-0.1, -0.05) is 0 Å². The van der Waals surface area contributed by atoms with Crippen LogP contribution in [0.1, 0.15) is 12.8 Å². The number of nitrogens with two attached hydrogens (primary N) is 1. The number of aliphatic hydroxyl groups is 1. The Morgan fingerprint density at radius 1 is 1.32 bits per heavy atom. The number of rotatable bonds is 3. The van der Waals surface area contributed by atoms with Gasteiger partial charge in [0.05, 0.1) is 0 Å². The highest BCUT2D eigenvalue weighted by Crippen LogP contribution is 2.33. The molecule has 3 rings (SSSR count). The average molecular weight is 257 g/mol. The number of fused-ring (bicyclic) bond motifs is 1. The van der Waals surface area contributed by atoms with Gasteiger partial charge < -0.3 is 15.7 Å². The molecule has 3 N–H and O–H groups in total. The van der Waals surface area contributed by atoms with E-state index in [1.165, 1.54) is 5.69 Å². The normalized spacial score (nSPS) is 19.2. The maximum Gasteiger partial charge on any atom is 0.0463 e. The van der Waals surface area contributed by atoms with E-state index in [4.69, 9.17) is 10.8 Å². The number of aromatic nitrogens is 1. The second kappa shape index (κ2) is 5.05. The third kappa shape index (κ3) is 2.24. The molecular weight excluding hydrogens is 238 g/mol. The lowest BCUT2D eigenvalue weighted by atomic mass is 10.1. The van der Waals surface area contributed by atoms with Crippen molar-refractivity contribution in [2.75, 3.05) is 30.3 Å². The van der Waals surface area contributed by atoms with Gasteiger partial charge in [-0.05, 0) is 37.0 Å². The zero-order chi connectivity index (χ0) is 13.2. The van der Waals surface area contributed by atoms with Gasteiger partial charge in [-0.15, -0.1) is 0 Å². The molecule has 1 aliphatic heterocycles. The molecular formula is C15H19N3O. The van der Waals surface area contributed by atoms with E-state index in [9.17, 15) is 0 Å². The van der Waals surface area contributed by atoms with Crippen LogP contribution < -0.4 is 10.6 Å². The molecule has 1 unspecified atom stereocenters. The summed E-state index contributed by atoms with van der Waals surface area (Å²) in [7, 11) is 0. The molecule has 19 heavy (non-hydrogen) atoms. The number of pyridine rings is 1. The number of nitrogen functional groups attached to an aromatic ring is 1. The summed E-state index contributed by atoms with van der Waals surface area (Å²) in [5, 5.41) is 11.2. The largest absolute Gasteiger partial charge is 0.398 e. The van der Waals surface area contributed by atoms with Gasteiger partial charge in [0.1, 0.15) is 0 Å². The van der Waals surface area contributed by atoms with Crippen molar-refractivity contribution in [1.29, 1.82) is 0 Å². The number of hydrogen-bond donors (Lipinski definition) is 2. The van der Waals surface area contributed by atoms with Crippen LogP contribution in [0.5, 0.6) is 0 Å². The fraction of sp³-hybridized carbons (Fsp3) is 0.400. The highest BCUT2D eigenvalue weighted by atomic mass is 16.3. The number of aliphatic hydroxyl groups excluding tert-OH is 1. The molecule has 0 bridgehead atoms.